The molecule has 4 aromatic rings. The number of carbonyl (C=O) groups excluding carboxylic acids is 1. The molecule has 38 heavy (non-hydrogen) atoms. The van der Waals surface area contributed by atoms with Crippen molar-refractivity contribution in [3.05, 3.63) is 83.9 Å². The maximum atomic E-state index is 12.5. The number of nitrogens with one attached hydrogen (secondary N) is 1. The van der Waals surface area contributed by atoms with Crippen molar-refractivity contribution in [1.82, 2.24) is 20.2 Å². The second-order valence-corrected chi connectivity index (χ2v) is 10.5. The lowest BCUT2D eigenvalue weighted by molar-refractivity contribution is -0.118. The van der Waals surface area contributed by atoms with Crippen molar-refractivity contribution >= 4 is 23.9 Å². The monoisotopic (exact) mass is 529 g/mol. The summed E-state index contributed by atoms with van der Waals surface area (Å²) in [6.45, 7) is 8.80. The van der Waals surface area contributed by atoms with Gasteiger partial charge in [-0.15, -0.1) is 10.2 Å². The summed E-state index contributed by atoms with van der Waals surface area (Å²) >= 11 is 1.27. The van der Waals surface area contributed by atoms with E-state index in [0.29, 0.717) is 28.9 Å². The van der Waals surface area contributed by atoms with Crippen molar-refractivity contribution in [2.45, 2.75) is 38.3 Å². The summed E-state index contributed by atoms with van der Waals surface area (Å²) < 4.78 is 7.33. The van der Waals surface area contributed by atoms with Gasteiger partial charge in [-0.25, -0.2) is 5.43 Å². The Kier molecular flexibility index (Phi) is 8.48. The number of benzene rings is 3. The van der Waals surface area contributed by atoms with Gasteiger partial charge in [0.25, 0.3) is 5.91 Å². The van der Waals surface area contributed by atoms with E-state index in [2.05, 4.69) is 65.8 Å². The molecule has 0 atom stereocenters. The molecule has 1 heterocycles. The number of rotatable bonds is 9. The Morgan fingerprint density at radius 2 is 1.79 bits per heavy atom. The highest BCUT2D eigenvalue weighted by molar-refractivity contribution is 7.99. The van der Waals surface area contributed by atoms with Gasteiger partial charge in [0.05, 0.1) is 18.6 Å². The molecule has 9 heteroatoms. The van der Waals surface area contributed by atoms with E-state index in [0.717, 1.165) is 11.3 Å². The molecule has 0 unspecified atom stereocenters. The number of ether oxygens (including phenoxy) is 1. The topological polar surface area (TPSA) is 102 Å². The van der Waals surface area contributed by atoms with Crippen molar-refractivity contribution in [3.63, 3.8) is 0 Å². The van der Waals surface area contributed by atoms with Gasteiger partial charge in [0, 0.05) is 16.8 Å². The van der Waals surface area contributed by atoms with Crippen molar-refractivity contribution in [1.29, 1.82) is 0 Å². The maximum Gasteiger partial charge on any atom is 0.250 e. The number of amides is 1. The van der Waals surface area contributed by atoms with E-state index in [-0.39, 0.29) is 22.8 Å². The third-order valence-corrected chi connectivity index (χ3v) is 6.64. The fourth-order valence-corrected chi connectivity index (χ4v) is 4.48. The lowest BCUT2D eigenvalue weighted by atomic mass is 9.87. The smallest absolute Gasteiger partial charge is 0.250 e. The molecule has 3 aromatic carbocycles. The number of para-hydroxylation sites is 2. The van der Waals surface area contributed by atoms with E-state index >= 15 is 0 Å². The minimum Gasteiger partial charge on any atom is -0.504 e. The van der Waals surface area contributed by atoms with Crippen LogP contribution in [-0.4, -0.2) is 44.4 Å². The third-order valence-electron chi connectivity index (χ3n) is 5.71. The molecule has 196 valence electrons. The molecule has 8 nitrogen and oxygen atoms in total. The summed E-state index contributed by atoms with van der Waals surface area (Å²) in [6, 6.07) is 23.2. The fourth-order valence-electron chi connectivity index (χ4n) is 3.73. The highest BCUT2D eigenvalue weighted by Crippen LogP contribution is 2.30. The number of aromatic nitrogens is 3. The molecule has 0 aliphatic heterocycles. The van der Waals surface area contributed by atoms with Crippen LogP contribution >= 0.6 is 11.8 Å². The van der Waals surface area contributed by atoms with Gasteiger partial charge >= 0.3 is 0 Å². The molecule has 0 saturated carbocycles. The van der Waals surface area contributed by atoms with Crippen LogP contribution in [0, 0.1) is 0 Å². The first-order valence-corrected chi connectivity index (χ1v) is 13.3. The average Bonchev–Trinajstić information content (AvgIpc) is 3.34. The van der Waals surface area contributed by atoms with Gasteiger partial charge in [-0.1, -0.05) is 81.1 Å². The van der Waals surface area contributed by atoms with Gasteiger partial charge in [-0.2, -0.15) is 5.10 Å². The summed E-state index contributed by atoms with van der Waals surface area (Å²) in [5, 5.41) is 23.7. The van der Waals surface area contributed by atoms with E-state index in [4.69, 9.17) is 4.74 Å². The summed E-state index contributed by atoms with van der Waals surface area (Å²) in [6.07, 6.45) is 1.38. The average molecular weight is 530 g/mol. The molecule has 4 rings (SSSR count). The van der Waals surface area contributed by atoms with E-state index in [1.54, 1.807) is 18.2 Å². The van der Waals surface area contributed by atoms with Crippen LogP contribution in [0.1, 0.15) is 38.8 Å². The highest BCUT2D eigenvalue weighted by atomic mass is 32.2. The molecule has 0 aliphatic carbocycles. The van der Waals surface area contributed by atoms with Crippen molar-refractivity contribution in [2.24, 2.45) is 5.10 Å². The van der Waals surface area contributed by atoms with Gasteiger partial charge in [0.2, 0.25) is 0 Å². The Hall–Kier alpha value is -4.11. The zero-order valence-corrected chi connectivity index (χ0v) is 22.7. The van der Waals surface area contributed by atoms with Crippen LogP contribution in [0.2, 0.25) is 0 Å². The number of hydrazone groups is 1. The van der Waals surface area contributed by atoms with Crippen LogP contribution in [-0.2, 0) is 10.2 Å². The van der Waals surface area contributed by atoms with E-state index in [9.17, 15) is 9.90 Å². The number of hydrogen-bond acceptors (Lipinski definition) is 7. The third kappa shape index (κ3) is 6.41. The van der Waals surface area contributed by atoms with E-state index in [1.807, 2.05) is 41.8 Å². The molecule has 2 N–H and O–H groups in total. The lowest BCUT2D eigenvalue weighted by Gasteiger charge is -2.19. The number of aromatic hydroxyl groups is 1. The quantitative estimate of drug-likeness (QED) is 0.167. The van der Waals surface area contributed by atoms with Crippen LogP contribution < -0.4 is 10.2 Å². The Balaban J connectivity index is 1.49. The predicted octanol–water partition coefficient (Wildman–Crippen LogP) is 5.58. The summed E-state index contributed by atoms with van der Waals surface area (Å²) in [7, 11) is 0. The normalized spacial score (nSPS) is 11.6. The second-order valence-electron chi connectivity index (χ2n) is 9.51. The van der Waals surface area contributed by atoms with Crippen LogP contribution in [0.4, 0.5) is 0 Å². The molecule has 0 saturated heterocycles. The first kappa shape index (κ1) is 26.9. The Morgan fingerprint density at radius 3 is 2.47 bits per heavy atom. The Bertz CT molecular complexity index is 1410. The van der Waals surface area contributed by atoms with E-state index < -0.39 is 0 Å². The molecule has 0 radical (unpaired) electrons. The molecule has 1 aromatic heterocycles. The van der Waals surface area contributed by atoms with Gasteiger partial charge in [0.15, 0.2) is 22.5 Å². The van der Waals surface area contributed by atoms with E-state index in [1.165, 1.54) is 23.5 Å². The van der Waals surface area contributed by atoms with Gasteiger partial charge < -0.3 is 9.84 Å². The lowest BCUT2D eigenvalue weighted by Crippen LogP contribution is -2.20. The molecular weight excluding hydrogens is 498 g/mol. The number of hydrogen-bond donors (Lipinski definition) is 2. The minimum absolute atomic E-state index is 0.0271. The van der Waals surface area contributed by atoms with Gasteiger partial charge in [-0.05, 0) is 42.2 Å². The van der Waals surface area contributed by atoms with Gasteiger partial charge in [0.1, 0.15) is 0 Å². The molecule has 0 spiro atoms. The second kappa shape index (κ2) is 12.0. The molecule has 0 aliphatic rings. The predicted molar refractivity (Wildman–Crippen MR) is 151 cm³/mol. The number of carbonyl (C=O) groups is 1. The zero-order valence-electron chi connectivity index (χ0n) is 21.9. The van der Waals surface area contributed by atoms with Crippen molar-refractivity contribution in [3.8, 4) is 28.6 Å². The van der Waals surface area contributed by atoms with Crippen LogP contribution in [0.25, 0.3) is 17.1 Å². The maximum absolute atomic E-state index is 12.5. The van der Waals surface area contributed by atoms with Crippen molar-refractivity contribution < 1.29 is 14.6 Å². The molecular formula is C29H31N5O3S. The molecule has 0 bridgehead atoms. The number of phenols is 1. The van der Waals surface area contributed by atoms with Gasteiger partial charge in [-0.3, -0.25) is 9.36 Å². The molecule has 1 amide bonds. The summed E-state index contributed by atoms with van der Waals surface area (Å²) in [5.74, 6) is 0.798. The largest absolute Gasteiger partial charge is 0.504 e. The number of thioether (sulfide) groups is 1. The summed E-state index contributed by atoms with van der Waals surface area (Å²) in [4.78, 5) is 12.5. The van der Waals surface area contributed by atoms with Crippen LogP contribution in [0.3, 0.4) is 0 Å². The molecule has 0 fully saturated rings. The SMILES string of the molecule is CCOc1cccc(C=NNC(=O)CSc2nnc(-c3ccc(C(C)(C)C)cc3)n2-c2ccccc2)c1O. The van der Waals surface area contributed by atoms with Crippen LogP contribution in [0.5, 0.6) is 11.5 Å². The Labute approximate surface area is 226 Å². The standard InChI is InChI=1S/C29H31N5O3S/c1-5-37-24-13-9-10-21(26(24)36)18-30-31-25(35)19-38-28-33-32-27(34(28)23-11-7-6-8-12-23)20-14-16-22(17-15-20)29(2,3)4/h6-18,36H,5,19H2,1-4H3,(H,31,35). The number of nitrogens with zero attached hydrogens (tertiary/aromatic N) is 4. The highest BCUT2D eigenvalue weighted by Gasteiger charge is 2.19. The first-order chi connectivity index (χ1) is 18.3. The van der Waals surface area contributed by atoms with Crippen LogP contribution in [0.15, 0.2) is 83.1 Å². The summed E-state index contributed by atoms with van der Waals surface area (Å²) in [5.41, 5.74) is 6.06. The van der Waals surface area contributed by atoms with Crippen molar-refractivity contribution in [2.75, 3.05) is 12.4 Å². The first-order valence-electron chi connectivity index (χ1n) is 12.3. The Morgan fingerprint density at radius 1 is 1.05 bits per heavy atom. The minimum atomic E-state index is -0.314. The number of phenolic OH excluding ortho intramolecular Hbond substituents is 1. The zero-order chi connectivity index (χ0) is 27.1. The fraction of sp³-hybridized carbons (Fsp3) is 0.241.